The van der Waals surface area contributed by atoms with E-state index in [2.05, 4.69) is 183 Å². The molecule has 1 aliphatic rings. The molecule has 0 saturated heterocycles. The van der Waals surface area contributed by atoms with Crippen LogP contribution in [0.25, 0.3) is 53.6 Å². The summed E-state index contributed by atoms with van der Waals surface area (Å²) in [6.07, 6.45) is 0. The van der Waals surface area contributed by atoms with E-state index in [9.17, 15) is 0 Å². The fraction of sp³-hybridized carbons (Fsp3) is 0.0667. The number of nitrogens with zero attached hydrogens (tertiary/aromatic N) is 1. The molecule has 1 aliphatic carbocycles. The molecule has 0 spiro atoms. The van der Waals surface area contributed by atoms with Gasteiger partial charge in [0.15, 0.2) is 0 Å². The lowest BCUT2D eigenvalue weighted by molar-refractivity contribution is 0.660. The standard InChI is InChI=1S/C45H33NS/c1-45(2)41-28-32(36-17-11-18-40-39-16-9-10-19-43(39)47-44(36)40)22-26-37(41)38-27-25-35(29-42(38)45)46(33-14-7-4-8-15-33)34-23-20-31(21-24-34)30-12-5-3-6-13-30/h3-29H,1-2H3. The van der Waals surface area contributed by atoms with Gasteiger partial charge in [0.1, 0.15) is 0 Å². The van der Waals surface area contributed by atoms with Crippen molar-refractivity contribution in [3.8, 4) is 33.4 Å². The highest BCUT2D eigenvalue weighted by Gasteiger charge is 2.36. The van der Waals surface area contributed by atoms with Crippen molar-refractivity contribution in [2.75, 3.05) is 4.90 Å². The summed E-state index contributed by atoms with van der Waals surface area (Å²) in [5.41, 5.74) is 13.8. The number of benzene rings is 7. The summed E-state index contributed by atoms with van der Waals surface area (Å²) in [6, 6.07) is 59.9. The third kappa shape index (κ3) is 4.52. The van der Waals surface area contributed by atoms with Crippen LogP contribution in [0.1, 0.15) is 25.0 Å². The summed E-state index contributed by atoms with van der Waals surface area (Å²) in [7, 11) is 0. The van der Waals surface area contributed by atoms with Gasteiger partial charge in [-0.1, -0.05) is 129 Å². The second-order valence-corrected chi connectivity index (χ2v) is 14.0. The summed E-state index contributed by atoms with van der Waals surface area (Å²) in [4.78, 5) is 2.38. The molecule has 1 aromatic heterocycles. The molecule has 0 bridgehead atoms. The molecule has 0 radical (unpaired) electrons. The third-order valence-corrected chi connectivity index (χ3v) is 11.1. The fourth-order valence-electron chi connectivity index (χ4n) is 7.46. The van der Waals surface area contributed by atoms with Crippen molar-refractivity contribution in [3.05, 3.63) is 175 Å². The number of hydrogen-bond acceptors (Lipinski definition) is 2. The van der Waals surface area contributed by atoms with E-state index in [1.54, 1.807) is 0 Å². The normalized spacial score (nSPS) is 13.1. The Morgan fingerprint density at radius 2 is 1.00 bits per heavy atom. The van der Waals surface area contributed by atoms with Crippen molar-refractivity contribution >= 4 is 48.6 Å². The molecule has 0 aliphatic heterocycles. The van der Waals surface area contributed by atoms with E-state index in [4.69, 9.17) is 0 Å². The lowest BCUT2D eigenvalue weighted by atomic mass is 9.81. The molecular formula is C45H33NS. The fourth-order valence-corrected chi connectivity index (χ4v) is 8.70. The highest BCUT2D eigenvalue weighted by molar-refractivity contribution is 7.26. The van der Waals surface area contributed by atoms with Crippen LogP contribution in [0.2, 0.25) is 0 Å². The second kappa shape index (κ2) is 10.8. The maximum Gasteiger partial charge on any atom is 0.0465 e. The minimum Gasteiger partial charge on any atom is -0.310 e. The minimum absolute atomic E-state index is 0.149. The topological polar surface area (TPSA) is 3.24 Å². The first-order valence-corrected chi connectivity index (χ1v) is 17.1. The molecule has 7 aromatic carbocycles. The summed E-state index contributed by atoms with van der Waals surface area (Å²) in [5.74, 6) is 0. The van der Waals surface area contributed by atoms with E-state index in [0.717, 1.165) is 11.4 Å². The van der Waals surface area contributed by atoms with Gasteiger partial charge in [0.05, 0.1) is 0 Å². The number of anilines is 3. The molecule has 2 heteroatoms. The minimum atomic E-state index is -0.149. The molecule has 9 rings (SSSR count). The molecule has 0 amide bonds. The van der Waals surface area contributed by atoms with Gasteiger partial charge in [-0.25, -0.2) is 0 Å². The molecule has 1 nitrogen and oxygen atoms in total. The molecule has 0 saturated carbocycles. The molecule has 0 unspecified atom stereocenters. The summed E-state index contributed by atoms with van der Waals surface area (Å²) in [5, 5.41) is 2.68. The zero-order valence-corrected chi connectivity index (χ0v) is 27.3. The molecular weight excluding hydrogens is 587 g/mol. The molecule has 224 valence electrons. The highest BCUT2D eigenvalue weighted by atomic mass is 32.1. The number of thiophene rings is 1. The lowest BCUT2D eigenvalue weighted by Crippen LogP contribution is -2.16. The van der Waals surface area contributed by atoms with Crippen LogP contribution in [0.5, 0.6) is 0 Å². The van der Waals surface area contributed by atoms with Crippen molar-refractivity contribution < 1.29 is 0 Å². The van der Waals surface area contributed by atoms with Crippen LogP contribution in [-0.2, 0) is 5.41 Å². The molecule has 8 aromatic rings. The smallest absolute Gasteiger partial charge is 0.0465 e. The van der Waals surface area contributed by atoms with Crippen LogP contribution in [0.3, 0.4) is 0 Å². The number of rotatable bonds is 5. The Labute approximate surface area is 280 Å². The van der Waals surface area contributed by atoms with Crippen LogP contribution < -0.4 is 4.90 Å². The Hall–Kier alpha value is -5.44. The van der Waals surface area contributed by atoms with Crippen molar-refractivity contribution in [2.24, 2.45) is 0 Å². The van der Waals surface area contributed by atoms with Gasteiger partial charge in [-0.3, -0.25) is 0 Å². The van der Waals surface area contributed by atoms with Gasteiger partial charge >= 0.3 is 0 Å². The lowest BCUT2D eigenvalue weighted by Gasteiger charge is -2.28. The predicted molar refractivity (Wildman–Crippen MR) is 202 cm³/mol. The van der Waals surface area contributed by atoms with Crippen LogP contribution in [0, 0.1) is 0 Å². The van der Waals surface area contributed by atoms with E-state index in [1.165, 1.54) is 70.4 Å². The monoisotopic (exact) mass is 619 g/mol. The summed E-state index contributed by atoms with van der Waals surface area (Å²) < 4.78 is 2.70. The van der Waals surface area contributed by atoms with Gasteiger partial charge in [0.2, 0.25) is 0 Å². The molecule has 0 fully saturated rings. The van der Waals surface area contributed by atoms with Gasteiger partial charge in [-0.15, -0.1) is 11.3 Å². The first-order valence-electron chi connectivity index (χ1n) is 16.3. The Bertz CT molecular complexity index is 2420. The van der Waals surface area contributed by atoms with Gasteiger partial charge in [0.25, 0.3) is 0 Å². The van der Waals surface area contributed by atoms with Crippen molar-refractivity contribution in [1.29, 1.82) is 0 Å². The summed E-state index contributed by atoms with van der Waals surface area (Å²) >= 11 is 1.90. The van der Waals surface area contributed by atoms with Crippen molar-refractivity contribution in [1.82, 2.24) is 0 Å². The number of fused-ring (bicyclic) bond motifs is 6. The highest BCUT2D eigenvalue weighted by Crippen LogP contribution is 2.52. The zero-order valence-electron chi connectivity index (χ0n) is 26.4. The molecule has 47 heavy (non-hydrogen) atoms. The van der Waals surface area contributed by atoms with Crippen LogP contribution in [0.15, 0.2) is 164 Å². The quantitative estimate of drug-likeness (QED) is 0.185. The Morgan fingerprint density at radius 3 is 1.79 bits per heavy atom. The van der Waals surface area contributed by atoms with E-state index >= 15 is 0 Å². The number of hydrogen-bond donors (Lipinski definition) is 0. The maximum atomic E-state index is 2.45. The second-order valence-electron chi connectivity index (χ2n) is 13.0. The largest absolute Gasteiger partial charge is 0.310 e. The SMILES string of the molecule is CC1(C)c2cc(-c3cccc4c3sc3ccccc34)ccc2-c2ccc(N(c3ccccc3)c3ccc(-c4ccccc4)cc3)cc21. The Kier molecular flexibility index (Phi) is 6.41. The first kappa shape index (κ1) is 27.8. The van der Waals surface area contributed by atoms with Crippen molar-refractivity contribution in [3.63, 3.8) is 0 Å². The van der Waals surface area contributed by atoms with E-state index in [1.807, 2.05) is 11.3 Å². The van der Waals surface area contributed by atoms with Crippen LogP contribution >= 0.6 is 11.3 Å². The Balaban J connectivity index is 1.13. The maximum absolute atomic E-state index is 2.45. The van der Waals surface area contributed by atoms with E-state index in [-0.39, 0.29) is 5.41 Å². The van der Waals surface area contributed by atoms with Gasteiger partial charge in [0, 0.05) is 42.6 Å². The van der Waals surface area contributed by atoms with Gasteiger partial charge < -0.3 is 4.90 Å². The average molecular weight is 620 g/mol. The van der Waals surface area contributed by atoms with Gasteiger partial charge in [-0.2, -0.15) is 0 Å². The van der Waals surface area contributed by atoms with Crippen LogP contribution in [0.4, 0.5) is 17.1 Å². The zero-order chi connectivity index (χ0) is 31.5. The molecule has 0 N–H and O–H groups in total. The third-order valence-electron chi connectivity index (χ3n) is 9.88. The Morgan fingerprint density at radius 1 is 0.426 bits per heavy atom. The first-order chi connectivity index (χ1) is 23.1. The van der Waals surface area contributed by atoms with Crippen molar-refractivity contribution in [2.45, 2.75) is 19.3 Å². The van der Waals surface area contributed by atoms with E-state index < -0.39 is 0 Å². The molecule has 0 atom stereocenters. The van der Waals surface area contributed by atoms with Crippen LogP contribution in [-0.4, -0.2) is 0 Å². The van der Waals surface area contributed by atoms with E-state index in [0.29, 0.717) is 0 Å². The number of para-hydroxylation sites is 1. The average Bonchev–Trinajstić information content (AvgIpc) is 3.61. The van der Waals surface area contributed by atoms with Gasteiger partial charge in [-0.05, 0) is 93.0 Å². The summed E-state index contributed by atoms with van der Waals surface area (Å²) in [6.45, 7) is 4.76. The molecule has 1 heterocycles. The predicted octanol–water partition coefficient (Wildman–Crippen LogP) is 13.2.